The highest BCUT2D eigenvalue weighted by Gasteiger charge is 2.70. The fourth-order valence-corrected chi connectivity index (χ4v) is 14.3. The van der Waals surface area contributed by atoms with Crippen LogP contribution in [0.5, 0.6) is 5.75 Å². The number of carbonyl (C=O) groups excluding carboxylic acids is 3. The van der Waals surface area contributed by atoms with Gasteiger partial charge < -0.3 is 19.6 Å². The summed E-state index contributed by atoms with van der Waals surface area (Å²) in [6, 6.07) is 3.69. The molecule has 4 saturated carbocycles. The molecule has 2 heterocycles. The van der Waals surface area contributed by atoms with Gasteiger partial charge in [0.15, 0.2) is 11.6 Å². The van der Waals surface area contributed by atoms with Crippen molar-refractivity contribution in [2.75, 3.05) is 20.7 Å². The Kier molecular flexibility index (Phi) is 10.7. The van der Waals surface area contributed by atoms with Gasteiger partial charge in [-0.15, -0.1) is 0 Å². The van der Waals surface area contributed by atoms with Gasteiger partial charge in [0.2, 0.25) is 0 Å². The maximum atomic E-state index is 14.6. The molecule has 318 valence electrons. The molecule has 10 nitrogen and oxygen atoms in total. The number of allylic oxidation sites excluding steroid dienone is 2. The number of likely N-dealkylation sites (N-methyl/N-ethyl adjacent to an activating group) is 1. The summed E-state index contributed by atoms with van der Waals surface area (Å²) < 4.78 is 15.6. The van der Waals surface area contributed by atoms with Crippen molar-refractivity contribution in [1.82, 2.24) is 19.7 Å². The van der Waals surface area contributed by atoms with Gasteiger partial charge in [-0.05, 0) is 129 Å². The van der Waals surface area contributed by atoms with Gasteiger partial charge in [-0.1, -0.05) is 62.3 Å². The lowest BCUT2D eigenvalue weighted by molar-refractivity contribution is -0.232. The Labute approximate surface area is 346 Å². The lowest BCUT2D eigenvalue weighted by Crippen LogP contribution is -2.66. The van der Waals surface area contributed by atoms with E-state index < -0.39 is 10.8 Å². The van der Waals surface area contributed by atoms with Crippen LogP contribution in [0.2, 0.25) is 0 Å². The lowest BCUT2D eigenvalue weighted by atomic mass is 9.33. The van der Waals surface area contributed by atoms with E-state index in [-0.39, 0.29) is 63.3 Å². The van der Waals surface area contributed by atoms with Gasteiger partial charge >= 0.3 is 5.97 Å². The first-order chi connectivity index (χ1) is 27.2. The van der Waals surface area contributed by atoms with Crippen molar-refractivity contribution in [1.29, 1.82) is 0 Å². The third kappa shape index (κ3) is 6.14. The van der Waals surface area contributed by atoms with Crippen molar-refractivity contribution in [3.8, 4) is 11.6 Å². The quantitative estimate of drug-likeness (QED) is 0.178. The summed E-state index contributed by atoms with van der Waals surface area (Å²) in [5.41, 5.74) is 2.46. The second kappa shape index (κ2) is 14.6. The summed E-state index contributed by atoms with van der Waals surface area (Å²) in [6.45, 7) is 23.5. The molecule has 10 heteroatoms. The van der Waals surface area contributed by atoms with Crippen molar-refractivity contribution in [3.63, 3.8) is 0 Å². The first-order valence-corrected chi connectivity index (χ1v) is 22.1. The minimum atomic E-state index is -0.738. The number of rotatable bonds is 11. The summed E-state index contributed by atoms with van der Waals surface area (Å²) in [5, 5.41) is 3.31. The van der Waals surface area contributed by atoms with Crippen LogP contribution in [0.3, 0.4) is 0 Å². The number of fused-ring (bicyclic) bond motifs is 7. The molecule has 2 aromatic rings. The number of nitrogens with zero attached hydrogens (tertiary/aromatic N) is 3. The second-order valence-corrected chi connectivity index (χ2v) is 21.3. The number of hydrogen-bond donors (Lipinski definition) is 1. The van der Waals surface area contributed by atoms with Gasteiger partial charge in [-0.3, -0.25) is 19.1 Å². The molecule has 0 aliphatic heterocycles. The zero-order valence-electron chi connectivity index (χ0n) is 37.5. The van der Waals surface area contributed by atoms with E-state index in [1.807, 2.05) is 26.1 Å². The van der Waals surface area contributed by atoms with Crippen LogP contribution in [0, 0.1) is 57.7 Å². The Morgan fingerprint density at radius 1 is 1.00 bits per heavy atom. The van der Waals surface area contributed by atoms with Gasteiger partial charge in [-0.2, -0.15) is 4.68 Å². The van der Waals surface area contributed by atoms with Crippen molar-refractivity contribution >= 4 is 18.0 Å². The standard InChI is InChI=1S/C48H70N4O6/c1-29(2)39-33(54)25-48(41-30(3)42(56)52(51(41)24-23-49-11)37-16-13-31(57-12)27-50-37)22-21-46(9)32(40(39)48)14-15-35-45(8)19-18-36(58-38(55)26-43(4,5)28-53)44(6,7)34(45)17-20-47(35,46)10/h13,16,27-29,32,34-36,49H,14-15,17-26H2,1-12H3/t32?,34?,35?,36?,45?,46-,47?,48?/m1/s1. The summed E-state index contributed by atoms with van der Waals surface area (Å²) in [4.78, 5) is 58.7. The number of carbonyl (C=O) groups is 3. The molecule has 0 amide bonds. The van der Waals surface area contributed by atoms with E-state index in [0.29, 0.717) is 48.5 Å². The molecule has 0 bridgehead atoms. The monoisotopic (exact) mass is 799 g/mol. The number of methoxy groups -OCH3 is 1. The predicted molar refractivity (Wildman–Crippen MR) is 226 cm³/mol. The zero-order valence-corrected chi connectivity index (χ0v) is 37.5. The normalized spacial score (nSPS) is 34.3. The summed E-state index contributed by atoms with van der Waals surface area (Å²) in [5.74, 6) is 2.30. The SMILES string of the molecule is CNCCn1c(C23CC[C@]4(C)C(CCC5C6(C)CCC(OC(=O)CC(C)(C)C=O)C(C)(C)C6CCC54C)C2=C(C(C)C)C(=O)C3)c(C)c(=O)n1-c1ccc(OC)cn1. The summed E-state index contributed by atoms with van der Waals surface area (Å²) >= 11 is 0. The number of hydrogen-bond acceptors (Lipinski definition) is 8. The molecule has 0 aromatic carbocycles. The molecule has 7 rings (SSSR count). The number of ether oxygens (including phenoxy) is 2. The van der Waals surface area contributed by atoms with E-state index in [4.69, 9.17) is 9.47 Å². The highest BCUT2D eigenvalue weighted by molar-refractivity contribution is 6.02. The zero-order chi connectivity index (χ0) is 42.4. The van der Waals surface area contributed by atoms with Crippen molar-refractivity contribution in [3.05, 3.63) is 51.1 Å². The Morgan fingerprint density at radius 3 is 2.34 bits per heavy atom. The van der Waals surface area contributed by atoms with Crippen LogP contribution >= 0.6 is 0 Å². The van der Waals surface area contributed by atoms with Crippen LogP contribution in [-0.4, -0.2) is 59.2 Å². The van der Waals surface area contributed by atoms with E-state index in [2.05, 4.69) is 63.4 Å². The van der Waals surface area contributed by atoms with E-state index in [9.17, 15) is 19.2 Å². The molecule has 4 fully saturated rings. The molecule has 7 unspecified atom stereocenters. The van der Waals surface area contributed by atoms with E-state index in [0.717, 1.165) is 68.9 Å². The Hall–Kier alpha value is -3.53. The number of Topliss-reactive ketones (excluding diaryl/α,β-unsaturated/α-hetero) is 1. The molecule has 0 saturated heterocycles. The van der Waals surface area contributed by atoms with Crippen LogP contribution in [0.25, 0.3) is 5.82 Å². The second-order valence-electron chi connectivity index (χ2n) is 21.3. The highest BCUT2D eigenvalue weighted by Crippen LogP contribution is 2.77. The number of esters is 1. The number of aldehydes is 1. The molecule has 0 spiro atoms. The van der Waals surface area contributed by atoms with E-state index in [1.165, 1.54) is 5.57 Å². The molecule has 0 radical (unpaired) electrons. The number of aromatic nitrogens is 3. The average Bonchev–Trinajstić information content (AvgIpc) is 3.61. The van der Waals surface area contributed by atoms with Gasteiger partial charge in [-0.25, -0.2) is 4.98 Å². The molecular formula is C48H70N4O6. The minimum Gasteiger partial charge on any atom is -0.495 e. The van der Waals surface area contributed by atoms with Crippen LogP contribution in [0.4, 0.5) is 0 Å². The maximum absolute atomic E-state index is 14.6. The summed E-state index contributed by atoms with van der Waals surface area (Å²) in [7, 11) is 3.54. The Bertz CT molecular complexity index is 2060. The van der Waals surface area contributed by atoms with E-state index >= 15 is 0 Å². The first-order valence-electron chi connectivity index (χ1n) is 22.1. The molecular weight excluding hydrogens is 729 g/mol. The summed E-state index contributed by atoms with van der Waals surface area (Å²) in [6.07, 6.45) is 10.7. The predicted octanol–water partition coefficient (Wildman–Crippen LogP) is 8.33. The fraction of sp³-hybridized carbons (Fsp3) is 0.729. The Morgan fingerprint density at radius 2 is 1.72 bits per heavy atom. The highest BCUT2D eigenvalue weighted by atomic mass is 16.5. The van der Waals surface area contributed by atoms with Gasteiger partial charge in [0, 0.05) is 34.8 Å². The number of pyridine rings is 1. The molecule has 5 aliphatic rings. The first kappa shape index (κ1) is 42.6. The third-order valence-electron chi connectivity index (χ3n) is 17.1. The van der Waals surface area contributed by atoms with Gasteiger partial charge in [0.05, 0.1) is 32.0 Å². The largest absolute Gasteiger partial charge is 0.495 e. The smallest absolute Gasteiger partial charge is 0.307 e. The number of ketones is 1. The average molecular weight is 799 g/mol. The van der Waals surface area contributed by atoms with Crippen LogP contribution in [0.15, 0.2) is 34.3 Å². The van der Waals surface area contributed by atoms with Crippen molar-refractivity contribution in [2.24, 2.45) is 50.7 Å². The molecule has 2 aromatic heterocycles. The van der Waals surface area contributed by atoms with Gasteiger partial charge in [0.1, 0.15) is 18.1 Å². The van der Waals surface area contributed by atoms with Crippen LogP contribution in [-0.2, 0) is 31.1 Å². The third-order valence-corrected chi connectivity index (χ3v) is 17.1. The van der Waals surface area contributed by atoms with E-state index in [1.54, 1.807) is 31.8 Å². The molecule has 5 aliphatic carbocycles. The maximum Gasteiger partial charge on any atom is 0.307 e. The van der Waals surface area contributed by atoms with Gasteiger partial charge in [0.25, 0.3) is 5.56 Å². The van der Waals surface area contributed by atoms with Crippen LogP contribution in [0.1, 0.15) is 138 Å². The topological polar surface area (TPSA) is 122 Å². The minimum absolute atomic E-state index is 0.0292. The number of nitrogens with one attached hydrogen (secondary N) is 1. The molecule has 1 N–H and O–H groups in total. The van der Waals surface area contributed by atoms with Crippen LogP contribution < -0.4 is 15.6 Å². The fourth-order valence-electron chi connectivity index (χ4n) is 14.3. The molecule has 8 atom stereocenters. The lowest BCUT2D eigenvalue weighted by Gasteiger charge is -2.72. The van der Waals surface area contributed by atoms with Crippen molar-refractivity contribution in [2.45, 2.75) is 152 Å². The molecule has 58 heavy (non-hydrogen) atoms. The Balaban J connectivity index is 1.29. The van der Waals surface area contributed by atoms with Crippen molar-refractivity contribution < 1.29 is 23.9 Å².